The number of nitrogens with two attached hydrogens (primary N) is 2. The van der Waals surface area contributed by atoms with Gasteiger partial charge in [-0.3, -0.25) is 0 Å². The SMILES string of the molecule is NCCCC(N)c1ccc2c(c1)CCCS2(=O)=O. The first-order valence-corrected chi connectivity index (χ1v) is 8.01. The summed E-state index contributed by atoms with van der Waals surface area (Å²) in [6.07, 6.45) is 3.25. The van der Waals surface area contributed by atoms with E-state index in [9.17, 15) is 8.42 Å². The molecule has 1 aliphatic rings. The lowest BCUT2D eigenvalue weighted by Crippen LogP contribution is -2.18. The lowest BCUT2D eigenvalue weighted by atomic mass is 9.99. The van der Waals surface area contributed by atoms with Crippen molar-refractivity contribution in [3.63, 3.8) is 0 Å². The van der Waals surface area contributed by atoms with E-state index in [-0.39, 0.29) is 11.8 Å². The van der Waals surface area contributed by atoms with Crippen LogP contribution in [0.2, 0.25) is 0 Å². The van der Waals surface area contributed by atoms with Crippen LogP contribution in [0.5, 0.6) is 0 Å². The van der Waals surface area contributed by atoms with Gasteiger partial charge in [0.2, 0.25) is 0 Å². The van der Waals surface area contributed by atoms with Crippen molar-refractivity contribution in [2.24, 2.45) is 11.5 Å². The zero-order valence-corrected chi connectivity index (χ0v) is 11.2. The number of aryl methyl sites for hydroxylation is 1. The summed E-state index contributed by atoms with van der Waals surface area (Å²) in [5, 5.41) is 0. The van der Waals surface area contributed by atoms with Gasteiger partial charge in [0.15, 0.2) is 9.84 Å². The second kappa shape index (κ2) is 5.38. The van der Waals surface area contributed by atoms with Gasteiger partial charge in [-0.25, -0.2) is 8.42 Å². The normalized spacial score (nSPS) is 19.2. The Bertz CT molecular complexity index is 526. The van der Waals surface area contributed by atoms with Crippen LogP contribution in [0.15, 0.2) is 23.1 Å². The van der Waals surface area contributed by atoms with Gasteiger partial charge < -0.3 is 11.5 Å². The van der Waals surface area contributed by atoms with E-state index in [4.69, 9.17) is 11.5 Å². The van der Waals surface area contributed by atoms with Gasteiger partial charge in [-0.15, -0.1) is 0 Å². The van der Waals surface area contributed by atoms with Crippen LogP contribution < -0.4 is 11.5 Å². The zero-order chi connectivity index (χ0) is 13.2. The maximum Gasteiger partial charge on any atom is 0.178 e. The van der Waals surface area contributed by atoms with Crippen molar-refractivity contribution < 1.29 is 8.42 Å². The van der Waals surface area contributed by atoms with E-state index in [1.165, 1.54) is 0 Å². The van der Waals surface area contributed by atoms with Crippen LogP contribution >= 0.6 is 0 Å². The Morgan fingerprint density at radius 3 is 2.83 bits per heavy atom. The van der Waals surface area contributed by atoms with Crippen LogP contribution in [0.25, 0.3) is 0 Å². The fourth-order valence-corrected chi connectivity index (χ4v) is 3.98. The summed E-state index contributed by atoms with van der Waals surface area (Å²) in [5.41, 5.74) is 13.5. The van der Waals surface area contributed by atoms with Crippen molar-refractivity contribution in [2.45, 2.75) is 36.6 Å². The van der Waals surface area contributed by atoms with Gasteiger partial charge in [0.25, 0.3) is 0 Å². The van der Waals surface area contributed by atoms with Crippen LogP contribution in [0.3, 0.4) is 0 Å². The Morgan fingerprint density at radius 1 is 1.33 bits per heavy atom. The van der Waals surface area contributed by atoms with Crippen molar-refractivity contribution in [1.29, 1.82) is 0 Å². The molecule has 0 aromatic heterocycles. The van der Waals surface area contributed by atoms with E-state index in [2.05, 4.69) is 0 Å². The molecule has 4 nitrogen and oxygen atoms in total. The Balaban J connectivity index is 2.27. The molecule has 1 heterocycles. The zero-order valence-electron chi connectivity index (χ0n) is 10.4. The lowest BCUT2D eigenvalue weighted by Gasteiger charge is -2.19. The number of rotatable bonds is 4. The summed E-state index contributed by atoms with van der Waals surface area (Å²) in [7, 11) is -3.06. The molecular weight excluding hydrogens is 248 g/mol. The third kappa shape index (κ3) is 2.74. The first-order valence-electron chi connectivity index (χ1n) is 6.36. The molecule has 0 amide bonds. The number of benzene rings is 1. The van der Waals surface area contributed by atoms with Crippen molar-refractivity contribution in [1.82, 2.24) is 0 Å². The number of hydrogen-bond acceptors (Lipinski definition) is 4. The maximum atomic E-state index is 11.9. The molecule has 18 heavy (non-hydrogen) atoms. The smallest absolute Gasteiger partial charge is 0.178 e. The summed E-state index contributed by atoms with van der Waals surface area (Å²) in [5.74, 6) is 0.262. The molecule has 0 radical (unpaired) electrons. The Hall–Kier alpha value is -0.910. The van der Waals surface area contributed by atoms with Crippen LogP contribution in [-0.2, 0) is 16.3 Å². The number of hydrogen-bond donors (Lipinski definition) is 2. The van der Waals surface area contributed by atoms with E-state index < -0.39 is 9.84 Å². The second-order valence-electron chi connectivity index (χ2n) is 4.83. The van der Waals surface area contributed by atoms with Crippen molar-refractivity contribution in [3.8, 4) is 0 Å². The maximum absolute atomic E-state index is 11.9. The van der Waals surface area contributed by atoms with Crippen molar-refractivity contribution in [2.75, 3.05) is 12.3 Å². The van der Waals surface area contributed by atoms with E-state index in [1.807, 2.05) is 12.1 Å². The lowest BCUT2D eigenvalue weighted by molar-refractivity contribution is 0.585. The first-order chi connectivity index (χ1) is 8.54. The second-order valence-corrected chi connectivity index (χ2v) is 6.90. The molecule has 1 aromatic rings. The molecule has 4 N–H and O–H groups in total. The quantitative estimate of drug-likeness (QED) is 0.857. The average Bonchev–Trinajstić information content (AvgIpc) is 2.35. The number of fused-ring (bicyclic) bond motifs is 1. The summed E-state index contributed by atoms with van der Waals surface area (Å²) in [6.45, 7) is 0.632. The molecule has 0 bridgehead atoms. The van der Waals surface area contributed by atoms with E-state index >= 15 is 0 Å². The molecule has 0 aliphatic carbocycles. The molecule has 0 fully saturated rings. The van der Waals surface area contributed by atoms with Crippen LogP contribution in [-0.4, -0.2) is 20.7 Å². The highest BCUT2D eigenvalue weighted by Gasteiger charge is 2.23. The molecule has 1 aliphatic heterocycles. The topological polar surface area (TPSA) is 86.2 Å². The molecule has 1 unspecified atom stereocenters. The van der Waals surface area contributed by atoms with E-state index in [1.54, 1.807) is 6.07 Å². The summed E-state index contributed by atoms with van der Waals surface area (Å²) in [4.78, 5) is 0.489. The van der Waals surface area contributed by atoms with Gasteiger partial charge in [0, 0.05) is 6.04 Å². The fourth-order valence-electron chi connectivity index (χ4n) is 2.40. The van der Waals surface area contributed by atoms with Gasteiger partial charge in [-0.05, 0) is 49.4 Å². The summed E-state index contributed by atoms with van der Waals surface area (Å²) >= 11 is 0. The minimum atomic E-state index is -3.06. The van der Waals surface area contributed by atoms with Gasteiger partial charge in [0.1, 0.15) is 0 Å². The first kappa shape index (κ1) is 13.5. The third-order valence-electron chi connectivity index (χ3n) is 3.43. The predicted octanol–water partition coefficient (Wildman–Crippen LogP) is 1.15. The van der Waals surface area contributed by atoms with E-state index in [0.29, 0.717) is 17.9 Å². The van der Waals surface area contributed by atoms with Gasteiger partial charge in [-0.1, -0.05) is 12.1 Å². The highest BCUT2D eigenvalue weighted by Crippen LogP contribution is 2.28. The van der Waals surface area contributed by atoms with Crippen LogP contribution in [0.1, 0.15) is 36.4 Å². The molecule has 100 valence electrons. The highest BCUT2D eigenvalue weighted by atomic mass is 32.2. The molecule has 2 rings (SSSR count). The molecule has 0 spiro atoms. The van der Waals surface area contributed by atoms with Crippen LogP contribution in [0.4, 0.5) is 0 Å². The van der Waals surface area contributed by atoms with Gasteiger partial charge in [0.05, 0.1) is 10.6 Å². The van der Waals surface area contributed by atoms with Crippen LogP contribution in [0, 0.1) is 0 Å². The third-order valence-corrected chi connectivity index (χ3v) is 5.32. The Labute approximate surface area is 108 Å². The van der Waals surface area contributed by atoms with E-state index in [0.717, 1.165) is 30.4 Å². The molecule has 0 saturated carbocycles. The highest BCUT2D eigenvalue weighted by molar-refractivity contribution is 7.91. The molecular formula is C13H20N2O2S. The summed E-state index contributed by atoms with van der Waals surface area (Å²) < 4.78 is 23.8. The Kier molecular flexibility index (Phi) is 4.04. The standard InChI is InChI=1S/C13H20N2O2S/c14-7-1-4-12(15)10-5-6-13-11(9-10)3-2-8-18(13,16)17/h5-6,9,12H,1-4,7-8,14-15H2. The van der Waals surface area contributed by atoms with Crippen molar-refractivity contribution in [3.05, 3.63) is 29.3 Å². The van der Waals surface area contributed by atoms with Gasteiger partial charge in [-0.2, -0.15) is 0 Å². The average molecular weight is 268 g/mol. The Morgan fingerprint density at radius 2 is 2.11 bits per heavy atom. The minimum absolute atomic E-state index is 0.0523. The summed E-state index contributed by atoms with van der Waals surface area (Å²) in [6, 6.07) is 5.45. The molecule has 5 heteroatoms. The fraction of sp³-hybridized carbons (Fsp3) is 0.538. The minimum Gasteiger partial charge on any atom is -0.330 e. The molecule has 1 aromatic carbocycles. The predicted molar refractivity (Wildman–Crippen MR) is 72.0 cm³/mol. The van der Waals surface area contributed by atoms with Crippen molar-refractivity contribution >= 4 is 9.84 Å². The number of sulfone groups is 1. The monoisotopic (exact) mass is 268 g/mol. The largest absolute Gasteiger partial charge is 0.330 e. The van der Waals surface area contributed by atoms with Gasteiger partial charge >= 0.3 is 0 Å². The molecule has 1 atom stereocenters. The molecule has 0 saturated heterocycles.